The number of rotatable bonds is 3. The molecule has 21 heavy (non-hydrogen) atoms. The molecule has 106 valence electrons. The van der Waals surface area contributed by atoms with Crippen LogP contribution < -0.4 is 11.1 Å². The number of aryl methyl sites for hydroxylation is 1. The number of amides is 1. The average Bonchev–Trinajstić information content (AvgIpc) is 2.89. The molecule has 1 aromatic carbocycles. The molecule has 0 bridgehead atoms. The Hall–Kier alpha value is -2.89. The van der Waals surface area contributed by atoms with Gasteiger partial charge in [0.2, 0.25) is 0 Å². The minimum absolute atomic E-state index is 0.191. The molecule has 6 nitrogen and oxygen atoms in total. The van der Waals surface area contributed by atoms with Crippen molar-refractivity contribution in [1.82, 2.24) is 19.9 Å². The van der Waals surface area contributed by atoms with E-state index in [1.54, 1.807) is 12.3 Å². The van der Waals surface area contributed by atoms with Gasteiger partial charge in [0.15, 0.2) is 0 Å². The Morgan fingerprint density at radius 1 is 1.38 bits per heavy atom. The molecule has 0 spiro atoms. The molecule has 0 aliphatic carbocycles. The predicted molar refractivity (Wildman–Crippen MR) is 80.5 cm³/mol. The Bertz CT molecular complexity index is 809. The Kier molecular flexibility index (Phi) is 3.27. The fraction of sp³-hybridized carbons (Fsp3) is 0.133. The van der Waals surface area contributed by atoms with Gasteiger partial charge < -0.3 is 15.6 Å². The fourth-order valence-corrected chi connectivity index (χ4v) is 2.21. The molecule has 0 radical (unpaired) electrons. The summed E-state index contributed by atoms with van der Waals surface area (Å²) >= 11 is 0. The molecular formula is C15H15N5O. The first kappa shape index (κ1) is 13.1. The van der Waals surface area contributed by atoms with Gasteiger partial charge in [-0.1, -0.05) is 18.2 Å². The first-order chi connectivity index (χ1) is 10.1. The molecule has 3 aromatic rings. The zero-order chi connectivity index (χ0) is 14.8. The predicted octanol–water partition coefficient (Wildman–Crippen LogP) is 1.48. The van der Waals surface area contributed by atoms with Crippen LogP contribution in [0.1, 0.15) is 16.2 Å². The van der Waals surface area contributed by atoms with Crippen LogP contribution in [0.2, 0.25) is 0 Å². The zero-order valence-corrected chi connectivity index (χ0v) is 11.6. The van der Waals surface area contributed by atoms with Crippen molar-refractivity contribution in [3.05, 3.63) is 54.1 Å². The van der Waals surface area contributed by atoms with Crippen LogP contribution in [0.4, 0.5) is 5.82 Å². The average molecular weight is 281 g/mol. The highest BCUT2D eigenvalue weighted by Gasteiger charge is 2.12. The number of hydrogen-bond acceptors (Lipinski definition) is 4. The number of nitrogens with zero attached hydrogens (tertiary/aromatic N) is 3. The summed E-state index contributed by atoms with van der Waals surface area (Å²) in [6, 6.07) is 9.02. The Morgan fingerprint density at radius 2 is 2.19 bits per heavy atom. The molecule has 1 amide bonds. The van der Waals surface area contributed by atoms with Gasteiger partial charge in [-0.15, -0.1) is 0 Å². The number of carbonyl (C=O) groups excluding carboxylic acids is 1. The highest BCUT2D eigenvalue weighted by Crippen LogP contribution is 2.19. The molecular weight excluding hydrogens is 266 g/mol. The maximum Gasteiger partial charge on any atom is 0.252 e. The lowest BCUT2D eigenvalue weighted by atomic mass is 10.1. The van der Waals surface area contributed by atoms with E-state index in [4.69, 9.17) is 5.73 Å². The smallest absolute Gasteiger partial charge is 0.252 e. The van der Waals surface area contributed by atoms with Gasteiger partial charge in [0.05, 0.1) is 17.6 Å². The Morgan fingerprint density at radius 3 is 2.95 bits per heavy atom. The summed E-state index contributed by atoms with van der Waals surface area (Å²) in [4.78, 5) is 20.8. The summed E-state index contributed by atoms with van der Waals surface area (Å²) in [6.07, 6.45) is 3.53. The van der Waals surface area contributed by atoms with Gasteiger partial charge in [-0.3, -0.25) is 4.79 Å². The van der Waals surface area contributed by atoms with Crippen molar-refractivity contribution in [1.29, 1.82) is 0 Å². The monoisotopic (exact) mass is 281 g/mol. The van der Waals surface area contributed by atoms with E-state index in [-0.39, 0.29) is 5.91 Å². The molecule has 0 aliphatic rings. The number of nitrogens with two attached hydrogens (primary N) is 1. The summed E-state index contributed by atoms with van der Waals surface area (Å²) < 4.78 is 1.86. The van der Waals surface area contributed by atoms with Crippen LogP contribution in [-0.4, -0.2) is 20.4 Å². The molecule has 3 rings (SSSR count). The lowest BCUT2D eigenvalue weighted by Gasteiger charge is -2.09. The summed E-state index contributed by atoms with van der Waals surface area (Å²) in [5, 5.41) is 3.64. The number of benzene rings is 1. The third-order valence-corrected chi connectivity index (χ3v) is 3.31. The van der Waals surface area contributed by atoms with Crippen LogP contribution in [0.5, 0.6) is 0 Å². The van der Waals surface area contributed by atoms with Crippen molar-refractivity contribution in [2.75, 3.05) is 5.73 Å². The van der Waals surface area contributed by atoms with E-state index in [0.717, 1.165) is 11.2 Å². The van der Waals surface area contributed by atoms with Gasteiger partial charge >= 0.3 is 0 Å². The van der Waals surface area contributed by atoms with Gasteiger partial charge in [-0.2, -0.15) is 0 Å². The quantitative estimate of drug-likeness (QED) is 0.761. The van der Waals surface area contributed by atoms with E-state index in [9.17, 15) is 4.79 Å². The summed E-state index contributed by atoms with van der Waals surface area (Å²) in [5.41, 5.74) is 7.00. The van der Waals surface area contributed by atoms with E-state index in [0.29, 0.717) is 23.4 Å². The van der Waals surface area contributed by atoms with E-state index in [1.165, 1.54) is 0 Å². The van der Waals surface area contributed by atoms with Gasteiger partial charge in [0.25, 0.3) is 5.91 Å². The third-order valence-electron chi connectivity index (χ3n) is 3.31. The first-order valence-electron chi connectivity index (χ1n) is 6.55. The standard InChI is InChI=1S/C15H15N5O/c1-20-7-6-17-14(20)9-18-15(21)11-8-13(16)19-12-5-3-2-4-10(11)12/h2-8H,9H2,1H3,(H2,16,19)(H,18,21). The van der Waals surface area contributed by atoms with Crippen LogP contribution in [0, 0.1) is 0 Å². The SMILES string of the molecule is Cn1ccnc1CNC(=O)c1cc(N)nc2ccccc12. The van der Waals surface area contributed by atoms with Crippen LogP contribution in [0.15, 0.2) is 42.7 Å². The molecule has 0 fully saturated rings. The molecule has 0 atom stereocenters. The maximum atomic E-state index is 12.4. The maximum absolute atomic E-state index is 12.4. The summed E-state index contributed by atoms with van der Waals surface area (Å²) in [7, 11) is 1.88. The molecule has 0 saturated heterocycles. The normalized spacial score (nSPS) is 10.7. The van der Waals surface area contributed by atoms with E-state index in [1.807, 2.05) is 42.1 Å². The highest BCUT2D eigenvalue weighted by molar-refractivity contribution is 6.06. The van der Waals surface area contributed by atoms with Crippen molar-refractivity contribution in [2.45, 2.75) is 6.54 Å². The number of para-hydroxylation sites is 1. The van der Waals surface area contributed by atoms with Crippen molar-refractivity contribution >= 4 is 22.6 Å². The summed E-state index contributed by atoms with van der Waals surface area (Å²) in [6.45, 7) is 0.360. The molecule has 0 saturated carbocycles. The molecule has 3 N–H and O–H groups in total. The molecule has 6 heteroatoms. The van der Waals surface area contributed by atoms with Crippen molar-refractivity contribution < 1.29 is 4.79 Å². The Balaban J connectivity index is 1.89. The zero-order valence-electron chi connectivity index (χ0n) is 11.6. The molecule has 2 aromatic heterocycles. The highest BCUT2D eigenvalue weighted by atomic mass is 16.1. The molecule has 2 heterocycles. The van der Waals surface area contributed by atoms with Crippen LogP contribution in [0.3, 0.4) is 0 Å². The number of hydrogen-bond donors (Lipinski definition) is 2. The number of imidazole rings is 1. The van der Waals surface area contributed by atoms with Crippen molar-refractivity contribution in [3.63, 3.8) is 0 Å². The lowest BCUT2D eigenvalue weighted by molar-refractivity contribution is 0.0951. The number of pyridine rings is 1. The van der Waals surface area contributed by atoms with Crippen molar-refractivity contribution in [2.24, 2.45) is 7.05 Å². The Labute approximate surface area is 121 Å². The molecule has 0 aliphatic heterocycles. The number of nitrogens with one attached hydrogen (secondary N) is 1. The van der Waals surface area contributed by atoms with Crippen molar-refractivity contribution in [3.8, 4) is 0 Å². The van der Waals surface area contributed by atoms with Gasteiger partial charge in [-0.25, -0.2) is 9.97 Å². The number of fused-ring (bicyclic) bond motifs is 1. The number of carbonyl (C=O) groups is 1. The fourth-order valence-electron chi connectivity index (χ4n) is 2.21. The van der Waals surface area contributed by atoms with Crippen LogP contribution in [-0.2, 0) is 13.6 Å². The van der Waals surface area contributed by atoms with E-state index in [2.05, 4.69) is 15.3 Å². The number of nitrogen functional groups attached to an aromatic ring is 1. The number of aromatic nitrogens is 3. The number of anilines is 1. The second-order valence-electron chi connectivity index (χ2n) is 4.75. The topological polar surface area (TPSA) is 85.8 Å². The van der Waals surface area contributed by atoms with Gasteiger partial charge in [0, 0.05) is 24.8 Å². The second-order valence-corrected chi connectivity index (χ2v) is 4.75. The lowest BCUT2D eigenvalue weighted by Crippen LogP contribution is -2.24. The minimum atomic E-state index is -0.191. The molecule has 0 unspecified atom stereocenters. The largest absolute Gasteiger partial charge is 0.384 e. The van der Waals surface area contributed by atoms with Gasteiger partial charge in [0.1, 0.15) is 11.6 Å². The van der Waals surface area contributed by atoms with E-state index >= 15 is 0 Å². The summed E-state index contributed by atoms with van der Waals surface area (Å²) in [5.74, 6) is 0.925. The third kappa shape index (κ3) is 2.55. The van der Waals surface area contributed by atoms with Crippen LogP contribution in [0.25, 0.3) is 10.9 Å². The van der Waals surface area contributed by atoms with E-state index < -0.39 is 0 Å². The van der Waals surface area contributed by atoms with Gasteiger partial charge in [-0.05, 0) is 12.1 Å². The second kappa shape index (κ2) is 5.24. The van der Waals surface area contributed by atoms with Crippen LogP contribution >= 0.6 is 0 Å². The first-order valence-corrected chi connectivity index (χ1v) is 6.55. The minimum Gasteiger partial charge on any atom is -0.384 e.